The average molecular weight is 691 g/mol. The molecular formula is C36H40BrN3O4S. The number of carbonyl (C=O) groups is 2. The molecule has 0 spiro atoms. The Morgan fingerprint density at radius 2 is 1.44 bits per heavy atom. The molecule has 0 heterocycles. The van der Waals surface area contributed by atoms with E-state index in [9.17, 15) is 18.0 Å². The summed E-state index contributed by atoms with van der Waals surface area (Å²) in [5.74, 6) is -0.764. The fourth-order valence-electron chi connectivity index (χ4n) is 5.24. The van der Waals surface area contributed by atoms with Crippen LogP contribution < -0.4 is 9.62 Å². The summed E-state index contributed by atoms with van der Waals surface area (Å²) in [5.41, 5.74) is 3.83. The minimum absolute atomic E-state index is 0.0774. The van der Waals surface area contributed by atoms with Crippen molar-refractivity contribution in [3.05, 3.63) is 130 Å². The van der Waals surface area contributed by atoms with Crippen molar-refractivity contribution in [2.45, 2.75) is 57.5 Å². The van der Waals surface area contributed by atoms with E-state index < -0.39 is 28.5 Å². The molecule has 4 aromatic rings. The Morgan fingerprint density at radius 1 is 0.822 bits per heavy atom. The predicted octanol–water partition coefficient (Wildman–Crippen LogP) is 6.82. The molecule has 0 aliphatic carbocycles. The molecule has 0 aliphatic heterocycles. The molecule has 1 unspecified atom stereocenters. The molecule has 1 atom stereocenters. The number of carbonyl (C=O) groups excluding carboxylic acids is 2. The van der Waals surface area contributed by atoms with Crippen molar-refractivity contribution >= 4 is 43.5 Å². The first-order valence-electron chi connectivity index (χ1n) is 15.1. The third kappa shape index (κ3) is 9.28. The first-order chi connectivity index (χ1) is 21.6. The van der Waals surface area contributed by atoms with Gasteiger partial charge in [0.05, 0.1) is 10.6 Å². The highest BCUT2D eigenvalue weighted by Crippen LogP contribution is 2.27. The highest BCUT2D eigenvalue weighted by atomic mass is 79.9. The van der Waals surface area contributed by atoms with Crippen molar-refractivity contribution in [3.63, 3.8) is 0 Å². The van der Waals surface area contributed by atoms with Gasteiger partial charge in [-0.1, -0.05) is 96.0 Å². The van der Waals surface area contributed by atoms with Gasteiger partial charge in [0.2, 0.25) is 11.8 Å². The van der Waals surface area contributed by atoms with Gasteiger partial charge in [-0.15, -0.1) is 0 Å². The average Bonchev–Trinajstić information content (AvgIpc) is 3.02. The summed E-state index contributed by atoms with van der Waals surface area (Å²) in [6.07, 6.45) is 1.99. The lowest BCUT2D eigenvalue weighted by atomic mass is 10.0. The highest BCUT2D eigenvalue weighted by molar-refractivity contribution is 9.10. The Bertz CT molecular complexity index is 1680. The monoisotopic (exact) mass is 689 g/mol. The van der Waals surface area contributed by atoms with Crippen molar-refractivity contribution in [2.24, 2.45) is 0 Å². The zero-order chi connectivity index (χ0) is 32.4. The second-order valence-electron chi connectivity index (χ2n) is 11.2. The molecule has 0 radical (unpaired) electrons. The van der Waals surface area contributed by atoms with Gasteiger partial charge in [0.1, 0.15) is 12.6 Å². The quantitative estimate of drug-likeness (QED) is 0.147. The van der Waals surface area contributed by atoms with Crippen molar-refractivity contribution in [1.82, 2.24) is 10.2 Å². The number of nitrogens with zero attached hydrogens (tertiary/aromatic N) is 2. The topological polar surface area (TPSA) is 86.8 Å². The van der Waals surface area contributed by atoms with Gasteiger partial charge >= 0.3 is 0 Å². The molecule has 236 valence electrons. The summed E-state index contributed by atoms with van der Waals surface area (Å²) in [7, 11) is -4.14. The maximum Gasteiger partial charge on any atom is 0.264 e. The number of hydrogen-bond acceptors (Lipinski definition) is 4. The van der Waals surface area contributed by atoms with Gasteiger partial charge in [-0.05, 0) is 78.9 Å². The number of unbranched alkanes of at least 4 members (excludes halogenated alkanes) is 1. The number of aryl methyl sites for hydroxylation is 2. The Kier molecular flexibility index (Phi) is 12.0. The van der Waals surface area contributed by atoms with Crippen LogP contribution in [0.25, 0.3) is 0 Å². The van der Waals surface area contributed by atoms with Crippen molar-refractivity contribution in [1.29, 1.82) is 0 Å². The van der Waals surface area contributed by atoms with Crippen LogP contribution in [0.4, 0.5) is 5.69 Å². The molecule has 4 rings (SSSR count). The molecule has 0 bridgehead atoms. The van der Waals surface area contributed by atoms with Crippen LogP contribution in [0, 0.1) is 13.8 Å². The molecule has 0 fully saturated rings. The predicted molar refractivity (Wildman–Crippen MR) is 183 cm³/mol. The fraction of sp³-hybridized carbons (Fsp3) is 0.278. The summed E-state index contributed by atoms with van der Waals surface area (Å²) in [6, 6.07) is 29.8. The summed E-state index contributed by atoms with van der Waals surface area (Å²) >= 11 is 3.52. The summed E-state index contributed by atoms with van der Waals surface area (Å²) in [4.78, 5) is 30.0. The fourth-order valence-corrected chi connectivity index (χ4v) is 7.10. The molecule has 45 heavy (non-hydrogen) atoms. The number of halogens is 1. The molecule has 0 saturated heterocycles. The molecular weight excluding hydrogens is 650 g/mol. The number of anilines is 1. The van der Waals surface area contributed by atoms with Crippen LogP contribution in [0.2, 0.25) is 0 Å². The third-order valence-electron chi connectivity index (χ3n) is 7.45. The van der Waals surface area contributed by atoms with Crippen LogP contribution in [0.1, 0.15) is 42.0 Å². The second kappa shape index (κ2) is 15.9. The minimum atomic E-state index is -4.14. The van der Waals surface area contributed by atoms with Crippen LogP contribution in [0.5, 0.6) is 0 Å². The Morgan fingerprint density at radius 3 is 2.07 bits per heavy atom. The van der Waals surface area contributed by atoms with Crippen LogP contribution in [-0.4, -0.2) is 44.3 Å². The van der Waals surface area contributed by atoms with Gasteiger partial charge in [0.15, 0.2) is 0 Å². The van der Waals surface area contributed by atoms with E-state index >= 15 is 0 Å². The number of rotatable bonds is 14. The van der Waals surface area contributed by atoms with E-state index in [-0.39, 0.29) is 23.8 Å². The van der Waals surface area contributed by atoms with Crippen molar-refractivity contribution in [3.8, 4) is 0 Å². The molecule has 0 aliphatic rings. The number of benzene rings is 4. The van der Waals surface area contributed by atoms with Crippen LogP contribution >= 0.6 is 15.9 Å². The molecule has 1 N–H and O–H groups in total. The SMILES string of the molecule is CCCCNC(=O)C(Cc1ccccc1)N(Cc1cccc(Br)c1)C(=O)CN(c1cc(C)cc(C)c1)S(=O)(=O)c1ccccc1. The van der Waals surface area contributed by atoms with Gasteiger partial charge in [0, 0.05) is 24.0 Å². The minimum Gasteiger partial charge on any atom is -0.354 e. The van der Waals surface area contributed by atoms with Crippen molar-refractivity contribution < 1.29 is 18.0 Å². The first-order valence-corrected chi connectivity index (χ1v) is 17.3. The maximum absolute atomic E-state index is 14.6. The van der Waals surface area contributed by atoms with Gasteiger partial charge in [-0.2, -0.15) is 0 Å². The molecule has 0 saturated carbocycles. The third-order valence-corrected chi connectivity index (χ3v) is 9.73. The molecule has 7 nitrogen and oxygen atoms in total. The number of sulfonamides is 1. The van der Waals surface area contributed by atoms with E-state index in [1.54, 1.807) is 30.3 Å². The van der Waals surface area contributed by atoms with E-state index in [0.717, 1.165) is 43.9 Å². The van der Waals surface area contributed by atoms with Gasteiger partial charge in [-0.25, -0.2) is 8.42 Å². The van der Waals surface area contributed by atoms with Crippen LogP contribution in [0.15, 0.2) is 112 Å². The smallest absolute Gasteiger partial charge is 0.264 e. The maximum atomic E-state index is 14.6. The van der Waals surface area contributed by atoms with E-state index in [0.29, 0.717) is 12.2 Å². The Hall–Kier alpha value is -3.95. The van der Waals surface area contributed by atoms with E-state index in [2.05, 4.69) is 21.2 Å². The van der Waals surface area contributed by atoms with Gasteiger partial charge in [0.25, 0.3) is 10.0 Å². The van der Waals surface area contributed by atoms with Crippen LogP contribution in [-0.2, 0) is 32.6 Å². The standard InChI is InChI=1S/C36H40BrN3O4S/c1-4-5-19-38-36(42)34(24-29-13-8-6-9-14-29)39(25-30-15-12-16-31(37)23-30)35(41)26-40(32-21-27(2)20-28(3)22-32)45(43,44)33-17-10-7-11-18-33/h6-18,20-23,34H,4-5,19,24-26H2,1-3H3,(H,38,42). The van der Waals surface area contributed by atoms with Gasteiger partial charge in [-0.3, -0.25) is 13.9 Å². The molecule has 9 heteroatoms. The lowest BCUT2D eigenvalue weighted by Gasteiger charge is -2.34. The number of amides is 2. The van der Waals surface area contributed by atoms with E-state index in [1.807, 2.05) is 81.4 Å². The summed E-state index contributed by atoms with van der Waals surface area (Å²) in [6.45, 7) is 5.94. The Balaban J connectivity index is 1.81. The van der Waals surface area contributed by atoms with E-state index in [4.69, 9.17) is 0 Å². The first kappa shape index (κ1) is 33.9. The zero-order valence-electron chi connectivity index (χ0n) is 25.9. The summed E-state index contributed by atoms with van der Waals surface area (Å²) < 4.78 is 30.3. The largest absolute Gasteiger partial charge is 0.354 e. The normalized spacial score (nSPS) is 11.9. The van der Waals surface area contributed by atoms with E-state index in [1.165, 1.54) is 17.0 Å². The van der Waals surface area contributed by atoms with Gasteiger partial charge < -0.3 is 10.2 Å². The number of hydrogen-bond donors (Lipinski definition) is 1. The lowest BCUT2D eigenvalue weighted by Crippen LogP contribution is -2.53. The van der Waals surface area contributed by atoms with Crippen molar-refractivity contribution in [2.75, 3.05) is 17.4 Å². The van der Waals surface area contributed by atoms with Crippen LogP contribution in [0.3, 0.4) is 0 Å². The highest BCUT2D eigenvalue weighted by Gasteiger charge is 2.34. The number of nitrogens with one attached hydrogen (secondary N) is 1. The molecule has 0 aromatic heterocycles. The zero-order valence-corrected chi connectivity index (χ0v) is 28.4. The Labute approximate surface area is 275 Å². The second-order valence-corrected chi connectivity index (χ2v) is 14.0. The molecule has 4 aromatic carbocycles. The molecule has 2 amide bonds. The summed E-state index contributed by atoms with van der Waals surface area (Å²) in [5, 5.41) is 3.02. The lowest BCUT2D eigenvalue weighted by molar-refractivity contribution is -0.140.